The number of nitrogens with zero attached hydrogens (tertiary/aromatic N) is 1. The highest BCUT2D eigenvalue weighted by Gasteiger charge is 2.14. The van der Waals surface area contributed by atoms with Crippen molar-refractivity contribution in [1.29, 1.82) is 0 Å². The number of amides is 1. The third-order valence-corrected chi connectivity index (χ3v) is 2.72. The highest BCUT2D eigenvalue weighted by atomic mass is 16.5. The highest BCUT2D eigenvalue weighted by Crippen LogP contribution is 2.01. The minimum atomic E-state index is -0.383. The maximum Gasteiger partial charge on any atom is 0.310 e. The number of rotatable bonds is 5. The quantitative estimate of drug-likeness (QED) is 0.745. The van der Waals surface area contributed by atoms with Gasteiger partial charge in [-0.25, -0.2) is 0 Å². The molecule has 4 nitrogen and oxygen atoms in total. The maximum absolute atomic E-state index is 11.6. The number of hydrogen-bond acceptors (Lipinski definition) is 3. The highest BCUT2D eigenvalue weighted by molar-refractivity contribution is 5.81. The molecule has 0 aliphatic heterocycles. The van der Waals surface area contributed by atoms with Gasteiger partial charge in [-0.05, 0) is 19.4 Å². The molecule has 1 aromatic rings. The molecule has 98 valence electrons. The predicted octanol–water partition coefficient (Wildman–Crippen LogP) is 1.64. The Bertz CT molecular complexity index is 401. The van der Waals surface area contributed by atoms with Gasteiger partial charge in [0.1, 0.15) is 0 Å². The zero-order chi connectivity index (χ0) is 13.5. The van der Waals surface area contributed by atoms with Crippen LogP contribution in [0.4, 0.5) is 0 Å². The van der Waals surface area contributed by atoms with Crippen molar-refractivity contribution in [2.75, 3.05) is 13.7 Å². The van der Waals surface area contributed by atoms with E-state index in [1.54, 1.807) is 11.9 Å². The number of benzene rings is 1. The first kappa shape index (κ1) is 14.2. The zero-order valence-electron chi connectivity index (χ0n) is 11.1. The lowest BCUT2D eigenvalue weighted by Gasteiger charge is -2.21. The smallest absolute Gasteiger partial charge is 0.310 e. The number of esters is 1. The maximum atomic E-state index is 11.6. The molecular weight excluding hydrogens is 230 g/mol. The molecule has 0 fully saturated rings. The summed E-state index contributed by atoms with van der Waals surface area (Å²) < 4.78 is 4.95. The fourth-order valence-corrected chi connectivity index (χ4v) is 1.35. The summed E-state index contributed by atoms with van der Waals surface area (Å²) in [4.78, 5) is 24.7. The van der Waals surface area contributed by atoms with E-state index in [9.17, 15) is 9.59 Å². The van der Waals surface area contributed by atoms with Gasteiger partial charge in [-0.3, -0.25) is 9.59 Å². The lowest BCUT2D eigenvalue weighted by molar-refractivity contribution is -0.151. The average molecular weight is 249 g/mol. The van der Waals surface area contributed by atoms with Crippen molar-refractivity contribution in [2.24, 2.45) is 0 Å². The van der Waals surface area contributed by atoms with E-state index < -0.39 is 0 Å². The molecule has 18 heavy (non-hydrogen) atoms. The Kier molecular flexibility index (Phi) is 5.36. The molecule has 0 aliphatic rings. The minimum absolute atomic E-state index is 0.102. The SMILES string of the molecule is CC(C)N(C)C(=O)COC(=O)Cc1ccccc1. The van der Waals surface area contributed by atoms with E-state index >= 15 is 0 Å². The van der Waals surface area contributed by atoms with Gasteiger partial charge in [0.15, 0.2) is 6.61 Å². The van der Waals surface area contributed by atoms with Crippen molar-refractivity contribution in [3.8, 4) is 0 Å². The summed E-state index contributed by atoms with van der Waals surface area (Å²) in [6, 6.07) is 9.41. The second-order valence-electron chi connectivity index (χ2n) is 4.42. The lowest BCUT2D eigenvalue weighted by Crippen LogP contribution is -2.36. The monoisotopic (exact) mass is 249 g/mol. The van der Waals surface area contributed by atoms with Gasteiger partial charge in [-0.2, -0.15) is 0 Å². The average Bonchev–Trinajstić information content (AvgIpc) is 2.36. The van der Waals surface area contributed by atoms with Gasteiger partial charge in [0.25, 0.3) is 5.91 Å². The molecule has 0 aromatic heterocycles. The topological polar surface area (TPSA) is 46.6 Å². The number of ether oxygens (including phenoxy) is 1. The van der Waals surface area contributed by atoms with Crippen molar-refractivity contribution >= 4 is 11.9 Å². The van der Waals surface area contributed by atoms with Gasteiger partial charge in [0.05, 0.1) is 6.42 Å². The Morgan fingerprint density at radius 2 is 1.83 bits per heavy atom. The summed E-state index contributed by atoms with van der Waals surface area (Å²) in [6.07, 6.45) is 0.194. The molecule has 0 bridgehead atoms. The van der Waals surface area contributed by atoms with Crippen molar-refractivity contribution in [1.82, 2.24) is 4.90 Å². The van der Waals surface area contributed by atoms with Crippen LogP contribution in [0.15, 0.2) is 30.3 Å². The Morgan fingerprint density at radius 3 is 2.39 bits per heavy atom. The Labute approximate surface area is 108 Å². The van der Waals surface area contributed by atoms with Crippen LogP contribution < -0.4 is 0 Å². The Balaban J connectivity index is 2.36. The van der Waals surface area contributed by atoms with Crippen LogP contribution in [0.2, 0.25) is 0 Å². The first-order valence-electron chi connectivity index (χ1n) is 5.96. The van der Waals surface area contributed by atoms with Crippen LogP contribution in [0, 0.1) is 0 Å². The fourth-order valence-electron chi connectivity index (χ4n) is 1.35. The van der Waals surface area contributed by atoms with Crippen LogP contribution >= 0.6 is 0 Å². The van der Waals surface area contributed by atoms with Crippen LogP contribution in [0.1, 0.15) is 19.4 Å². The molecule has 0 atom stereocenters. The molecule has 1 rings (SSSR count). The van der Waals surface area contributed by atoms with Gasteiger partial charge in [0.2, 0.25) is 0 Å². The Morgan fingerprint density at radius 1 is 1.22 bits per heavy atom. The molecule has 4 heteroatoms. The van der Waals surface area contributed by atoms with Gasteiger partial charge >= 0.3 is 5.97 Å². The molecule has 0 unspecified atom stereocenters. The number of hydrogen-bond donors (Lipinski definition) is 0. The molecule has 0 saturated carbocycles. The first-order chi connectivity index (χ1) is 8.50. The van der Waals surface area contributed by atoms with Crippen LogP contribution in [0.3, 0.4) is 0 Å². The standard InChI is InChI=1S/C14H19NO3/c1-11(2)15(3)13(16)10-18-14(17)9-12-7-5-4-6-8-12/h4-8,11H,9-10H2,1-3H3. The van der Waals surface area contributed by atoms with Crippen LogP contribution in [-0.4, -0.2) is 36.5 Å². The fraction of sp³-hybridized carbons (Fsp3) is 0.429. The second kappa shape index (κ2) is 6.79. The normalized spacial score (nSPS) is 10.2. The van der Waals surface area contributed by atoms with Crippen molar-refractivity contribution < 1.29 is 14.3 Å². The molecule has 1 aromatic carbocycles. The largest absolute Gasteiger partial charge is 0.455 e. The molecule has 0 spiro atoms. The van der Waals surface area contributed by atoms with Crippen LogP contribution in [0.5, 0.6) is 0 Å². The minimum Gasteiger partial charge on any atom is -0.455 e. The van der Waals surface area contributed by atoms with Crippen molar-refractivity contribution in [3.05, 3.63) is 35.9 Å². The van der Waals surface area contributed by atoms with E-state index in [-0.39, 0.29) is 30.9 Å². The molecule has 0 saturated heterocycles. The summed E-state index contributed by atoms with van der Waals surface area (Å²) in [5, 5.41) is 0. The van der Waals surface area contributed by atoms with E-state index in [0.29, 0.717) is 0 Å². The van der Waals surface area contributed by atoms with Gasteiger partial charge in [-0.15, -0.1) is 0 Å². The Hall–Kier alpha value is -1.84. The van der Waals surface area contributed by atoms with Gasteiger partial charge in [-0.1, -0.05) is 30.3 Å². The third-order valence-electron chi connectivity index (χ3n) is 2.72. The van der Waals surface area contributed by atoms with E-state index in [1.807, 2.05) is 44.2 Å². The lowest BCUT2D eigenvalue weighted by atomic mass is 10.2. The molecular formula is C14H19NO3. The molecule has 1 amide bonds. The van der Waals surface area contributed by atoms with E-state index in [2.05, 4.69) is 0 Å². The first-order valence-corrected chi connectivity index (χ1v) is 5.96. The van der Waals surface area contributed by atoms with Crippen LogP contribution in [0.25, 0.3) is 0 Å². The summed E-state index contributed by atoms with van der Waals surface area (Å²) in [6.45, 7) is 3.62. The summed E-state index contributed by atoms with van der Waals surface area (Å²) in [5.74, 6) is -0.571. The van der Waals surface area contributed by atoms with Gasteiger partial charge < -0.3 is 9.64 Å². The molecule has 0 aliphatic carbocycles. The third kappa shape index (κ3) is 4.57. The van der Waals surface area contributed by atoms with E-state index in [4.69, 9.17) is 4.74 Å². The van der Waals surface area contributed by atoms with Gasteiger partial charge in [0, 0.05) is 13.1 Å². The predicted molar refractivity (Wildman–Crippen MR) is 69.0 cm³/mol. The summed E-state index contributed by atoms with van der Waals surface area (Å²) >= 11 is 0. The molecule has 0 heterocycles. The van der Waals surface area contributed by atoms with Crippen molar-refractivity contribution in [2.45, 2.75) is 26.3 Å². The molecule has 0 radical (unpaired) electrons. The van der Waals surface area contributed by atoms with E-state index in [0.717, 1.165) is 5.56 Å². The summed E-state index contributed by atoms with van der Waals surface area (Å²) in [5.41, 5.74) is 0.882. The zero-order valence-corrected chi connectivity index (χ0v) is 11.1. The van der Waals surface area contributed by atoms with Crippen molar-refractivity contribution in [3.63, 3.8) is 0 Å². The molecule has 0 N–H and O–H groups in total. The number of carbonyl (C=O) groups is 2. The summed E-state index contributed by atoms with van der Waals surface area (Å²) in [7, 11) is 1.69. The van der Waals surface area contributed by atoms with E-state index in [1.165, 1.54) is 0 Å². The second-order valence-corrected chi connectivity index (χ2v) is 4.42. The van der Waals surface area contributed by atoms with Crippen LogP contribution in [-0.2, 0) is 20.7 Å². The number of carbonyl (C=O) groups excluding carboxylic acids is 2. The number of likely N-dealkylation sites (N-methyl/N-ethyl adjacent to an activating group) is 1.